The van der Waals surface area contributed by atoms with Crippen molar-refractivity contribution >= 4 is 51.7 Å². The van der Waals surface area contributed by atoms with E-state index in [2.05, 4.69) is 21.9 Å². The van der Waals surface area contributed by atoms with E-state index in [0.717, 1.165) is 43.3 Å². The second-order valence-corrected chi connectivity index (χ2v) is 7.17. The minimum absolute atomic E-state index is 0. The van der Waals surface area contributed by atoms with Gasteiger partial charge >= 0.3 is 0 Å². The van der Waals surface area contributed by atoms with Crippen LogP contribution in [0.3, 0.4) is 0 Å². The van der Waals surface area contributed by atoms with Crippen LogP contribution in [0.15, 0.2) is 34.2 Å². The van der Waals surface area contributed by atoms with Gasteiger partial charge in [-0.15, -0.1) is 24.0 Å². The van der Waals surface area contributed by atoms with Gasteiger partial charge in [0.25, 0.3) is 0 Å². The van der Waals surface area contributed by atoms with E-state index in [1.54, 1.807) is 23.9 Å². The minimum Gasteiger partial charge on any atom is -0.357 e. The lowest BCUT2D eigenvalue weighted by Gasteiger charge is -2.11. The van der Waals surface area contributed by atoms with Crippen LogP contribution in [0.4, 0.5) is 0 Å². The molecule has 1 aromatic rings. The molecule has 6 nitrogen and oxygen atoms in total. The molecule has 1 aromatic carbocycles. The van der Waals surface area contributed by atoms with Crippen LogP contribution in [0, 0.1) is 0 Å². The number of primary sulfonamides is 1. The summed E-state index contributed by atoms with van der Waals surface area (Å²) in [6.45, 7) is 4.34. The van der Waals surface area contributed by atoms with Crippen LogP contribution in [-0.4, -0.2) is 46.0 Å². The van der Waals surface area contributed by atoms with Gasteiger partial charge in [0, 0.05) is 18.8 Å². The quantitative estimate of drug-likeness (QED) is 0.230. The van der Waals surface area contributed by atoms with Crippen LogP contribution in [0.2, 0.25) is 0 Å². The Morgan fingerprint density at radius 1 is 1.26 bits per heavy atom. The highest BCUT2D eigenvalue weighted by Crippen LogP contribution is 2.08. The van der Waals surface area contributed by atoms with Gasteiger partial charge in [-0.2, -0.15) is 11.8 Å². The van der Waals surface area contributed by atoms with Crippen molar-refractivity contribution in [3.63, 3.8) is 0 Å². The number of halogens is 1. The Balaban J connectivity index is 0.00000484. The Hall–Kier alpha value is -0.520. The van der Waals surface area contributed by atoms with E-state index in [4.69, 9.17) is 5.14 Å². The third-order valence-corrected chi connectivity index (χ3v) is 4.39. The number of nitrogens with one attached hydrogen (secondary N) is 2. The molecule has 0 aliphatic rings. The van der Waals surface area contributed by atoms with Crippen LogP contribution in [0.1, 0.15) is 12.5 Å². The van der Waals surface area contributed by atoms with E-state index in [-0.39, 0.29) is 28.9 Å². The standard InChI is InChI=1S/C14H24N4O2S2.HI/c1-3-16-14(18-10-11-21-2)17-9-8-12-4-6-13(7-5-12)22(15,19)20;/h4-7H,3,8-11H2,1-2H3,(H2,15,19,20)(H2,16,17,18);1H. The Morgan fingerprint density at radius 3 is 2.43 bits per heavy atom. The molecule has 0 saturated heterocycles. The van der Waals surface area contributed by atoms with Crippen molar-refractivity contribution in [2.75, 3.05) is 31.6 Å². The Kier molecular flexibility index (Phi) is 11.7. The van der Waals surface area contributed by atoms with Crippen molar-refractivity contribution in [2.45, 2.75) is 18.2 Å². The molecule has 4 N–H and O–H groups in total. The van der Waals surface area contributed by atoms with Gasteiger partial charge in [-0.1, -0.05) is 12.1 Å². The minimum atomic E-state index is -3.62. The number of aliphatic imine (C=N–C) groups is 1. The smallest absolute Gasteiger partial charge is 0.238 e. The number of hydrogen-bond acceptors (Lipinski definition) is 4. The maximum absolute atomic E-state index is 11.2. The van der Waals surface area contributed by atoms with Crippen LogP contribution < -0.4 is 15.8 Å². The number of nitrogens with two attached hydrogens (primary N) is 1. The lowest BCUT2D eigenvalue weighted by atomic mass is 10.1. The van der Waals surface area contributed by atoms with Crippen molar-refractivity contribution in [3.8, 4) is 0 Å². The average Bonchev–Trinajstić information content (AvgIpc) is 2.47. The molecule has 0 radical (unpaired) electrons. The highest BCUT2D eigenvalue weighted by Gasteiger charge is 2.06. The van der Waals surface area contributed by atoms with Gasteiger partial charge in [0.05, 0.1) is 11.4 Å². The van der Waals surface area contributed by atoms with E-state index in [1.807, 2.05) is 6.92 Å². The van der Waals surface area contributed by atoms with Crippen LogP contribution in [0.5, 0.6) is 0 Å². The fourth-order valence-electron chi connectivity index (χ4n) is 1.76. The van der Waals surface area contributed by atoms with Gasteiger partial charge < -0.3 is 10.6 Å². The summed E-state index contributed by atoms with van der Waals surface area (Å²) in [5.41, 5.74) is 1.04. The van der Waals surface area contributed by atoms with Gasteiger partial charge in [-0.3, -0.25) is 4.99 Å². The first-order valence-corrected chi connectivity index (χ1v) is 10.0. The highest BCUT2D eigenvalue weighted by molar-refractivity contribution is 14.0. The lowest BCUT2D eigenvalue weighted by Crippen LogP contribution is -2.38. The van der Waals surface area contributed by atoms with Crippen LogP contribution in [0.25, 0.3) is 0 Å². The van der Waals surface area contributed by atoms with Gasteiger partial charge in [-0.05, 0) is 37.3 Å². The normalized spacial score (nSPS) is 11.7. The van der Waals surface area contributed by atoms with Crippen molar-refractivity contribution in [2.24, 2.45) is 10.1 Å². The zero-order valence-corrected chi connectivity index (χ0v) is 17.4. The summed E-state index contributed by atoms with van der Waals surface area (Å²) in [7, 11) is -3.62. The molecule has 0 aromatic heterocycles. The molecule has 9 heteroatoms. The van der Waals surface area contributed by atoms with E-state index in [0.29, 0.717) is 0 Å². The van der Waals surface area contributed by atoms with Crippen LogP contribution >= 0.6 is 35.7 Å². The molecule has 0 fully saturated rings. The van der Waals surface area contributed by atoms with E-state index >= 15 is 0 Å². The third-order valence-electron chi connectivity index (χ3n) is 2.87. The fourth-order valence-corrected chi connectivity index (χ4v) is 2.55. The fraction of sp³-hybridized carbons (Fsp3) is 0.500. The molecular weight excluding hydrogens is 447 g/mol. The molecule has 0 aliphatic heterocycles. The summed E-state index contributed by atoms with van der Waals surface area (Å²) in [5.74, 6) is 1.80. The third kappa shape index (κ3) is 9.38. The molecule has 1 rings (SSSR count). The van der Waals surface area contributed by atoms with E-state index in [1.165, 1.54) is 12.1 Å². The first-order valence-electron chi connectivity index (χ1n) is 7.10. The SMILES string of the molecule is CCNC(=NCCSC)NCCc1ccc(S(N)(=O)=O)cc1.I. The zero-order valence-electron chi connectivity index (χ0n) is 13.4. The Morgan fingerprint density at radius 2 is 1.91 bits per heavy atom. The number of nitrogens with zero attached hydrogens (tertiary/aromatic N) is 1. The number of sulfonamides is 1. The summed E-state index contributed by atoms with van der Waals surface area (Å²) in [5, 5.41) is 11.5. The Labute approximate surface area is 160 Å². The molecule has 0 bridgehead atoms. The van der Waals surface area contributed by atoms with Gasteiger partial charge in [0.2, 0.25) is 10.0 Å². The molecule has 0 atom stereocenters. The van der Waals surface area contributed by atoms with Gasteiger partial charge in [0.1, 0.15) is 0 Å². The lowest BCUT2D eigenvalue weighted by molar-refractivity contribution is 0.598. The first-order chi connectivity index (χ1) is 10.5. The number of benzene rings is 1. The average molecular weight is 472 g/mol. The molecule has 0 spiro atoms. The summed E-state index contributed by atoms with van der Waals surface area (Å²) in [6.07, 6.45) is 2.83. The summed E-state index contributed by atoms with van der Waals surface area (Å²) in [6, 6.07) is 6.61. The first kappa shape index (κ1) is 22.5. The number of thioether (sulfide) groups is 1. The van der Waals surface area contributed by atoms with E-state index in [9.17, 15) is 8.42 Å². The maximum atomic E-state index is 11.2. The summed E-state index contributed by atoms with van der Waals surface area (Å²) >= 11 is 1.76. The monoisotopic (exact) mass is 472 g/mol. The van der Waals surface area contributed by atoms with Gasteiger partial charge in [-0.25, -0.2) is 13.6 Å². The summed E-state index contributed by atoms with van der Waals surface area (Å²) < 4.78 is 22.4. The highest BCUT2D eigenvalue weighted by atomic mass is 127. The molecule has 23 heavy (non-hydrogen) atoms. The number of guanidine groups is 1. The molecule has 0 unspecified atom stereocenters. The van der Waals surface area contributed by atoms with Gasteiger partial charge in [0.15, 0.2) is 5.96 Å². The Bertz CT molecular complexity index is 577. The molecule has 0 saturated carbocycles. The molecule has 132 valence electrons. The number of hydrogen-bond donors (Lipinski definition) is 3. The maximum Gasteiger partial charge on any atom is 0.238 e. The molecule has 0 aliphatic carbocycles. The predicted molar refractivity (Wildman–Crippen MR) is 109 cm³/mol. The van der Waals surface area contributed by atoms with E-state index < -0.39 is 10.0 Å². The summed E-state index contributed by atoms with van der Waals surface area (Å²) in [4.78, 5) is 4.59. The van der Waals surface area contributed by atoms with Crippen LogP contribution in [-0.2, 0) is 16.4 Å². The largest absolute Gasteiger partial charge is 0.357 e. The van der Waals surface area contributed by atoms with Crippen molar-refractivity contribution < 1.29 is 8.42 Å². The van der Waals surface area contributed by atoms with Crippen molar-refractivity contribution in [1.29, 1.82) is 0 Å². The second-order valence-electron chi connectivity index (χ2n) is 4.62. The second kappa shape index (κ2) is 11.9. The number of rotatable bonds is 8. The molecule has 0 amide bonds. The zero-order chi connectivity index (χ0) is 16.4. The molecule has 0 heterocycles. The predicted octanol–water partition coefficient (Wildman–Crippen LogP) is 1.41. The molecular formula is C14H25IN4O2S2. The topological polar surface area (TPSA) is 96.6 Å². The van der Waals surface area contributed by atoms with Crippen molar-refractivity contribution in [1.82, 2.24) is 10.6 Å². The van der Waals surface area contributed by atoms with Crippen molar-refractivity contribution in [3.05, 3.63) is 29.8 Å².